The maximum atomic E-state index is 12.8. The van der Waals surface area contributed by atoms with Crippen molar-refractivity contribution in [3.63, 3.8) is 0 Å². The third-order valence-electron chi connectivity index (χ3n) is 2.15. The summed E-state index contributed by atoms with van der Waals surface area (Å²) in [6.45, 7) is 1.86. The highest BCUT2D eigenvalue weighted by molar-refractivity contribution is 5.94. The molecular formula is C11H13F2NO2. The highest BCUT2D eigenvalue weighted by Gasteiger charge is 2.10. The van der Waals surface area contributed by atoms with E-state index in [1.807, 2.05) is 0 Å². The minimum atomic E-state index is -1.07. The van der Waals surface area contributed by atoms with Crippen molar-refractivity contribution in [2.45, 2.75) is 19.4 Å². The summed E-state index contributed by atoms with van der Waals surface area (Å²) in [4.78, 5) is 11.4. The van der Waals surface area contributed by atoms with Crippen LogP contribution in [-0.4, -0.2) is 23.7 Å². The Kier molecular flexibility index (Phi) is 4.37. The highest BCUT2D eigenvalue weighted by atomic mass is 19.2. The summed E-state index contributed by atoms with van der Waals surface area (Å²) in [5.74, 6) is -2.60. The third-order valence-corrected chi connectivity index (χ3v) is 2.15. The summed E-state index contributed by atoms with van der Waals surface area (Å²) >= 11 is 0. The number of halogens is 2. The molecule has 0 heterocycles. The molecule has 0 fully saturated rings. The number of carbonyl (C=O) groups is 1. The number of hydrogen-bond donors (Lipinski definition) is 2. The normalized spacial score (nSPS) is 12.2. The lowest BCUT2D eigenvalue weighted by atomic mass is 10.2. The van der Waals surface area contributed by atoms with Gasteiger partial charge in [-0.25, -0.2) is 8.78 Å². The first-order valence-corrected chi connectivity index (χ1v) is 4.96. The highest BCUT2D eigenvalue weighted by Crippen LogP contribution is 2.08. The molecule has 0 saturated carbocycles. The molecule has 0 spiro atoms. The second kappa shape index (κ2) is 5.55. The van der Waals surface area contributed by atoms with Gasteiger partial charge in [0.2, 0.25) is 0 Å². The Balaban J connectivity index is 2.63. The van der Waals surface area contributed by atoms with Gasteiger partial charge in [-0.05, 0) is 24.6 Å². The van der Waals surface area contributed by atoms with Crippen molar-refractivity contribution in [1.29, 1.82) is 0 Å². The molecule has 0 saturated heterocycles. The van der Waals surface area contributed by atoms with E-state index >= 15 is 0 Å². The van der Waals surface area contributed by atoms with Crippen molar-refractivity contribution in [2.24, 2.45) is 0 Å². The summed E-state index contributed by atoms with van der Waals surface area (Å²) in [6, 6.07) is 2.90. The van der Waals surface area contributed by atoms with Gasteiger partial charge >= 0.3 is 0 Å². The lowest BCUT2D eigenvalue weighted by Crippen LogP contribution is -2.31. The molecule has 1 unspecified atom stereocenters. The quantitative estimate of drug-likeness (QED) is 0.821. The molecule has 0 aliphatic rings. The van der Waals surface area contributed by atoms with Crippen LogP contribution < -0.4 is 5.32 Å². The standard InChI is InChI=1S/C11H13F2NO2/c1-2-8(15)6-14-11(16)7-3-4-9(12)10(13)5-7/h3-5,8,15H,2,6H2,1H3,(H,14,16). The molecule has 0 radical (unpaired) electrons. The van der Waals surface area contributed by atoms with Crippen LogP contribution in [0.5, 0.6) is 0 Å². The third kappa shape index (κ3) is 3.27. The zero-order chi connectivity index (χ0) is 12.1. The van der Waals surface area contributed by atoms with Crippen LogP contribution in [0.15, 0.2) is 18.2 Å². The van der Waals surface area contributed by atoms with Crippen molar-refractivity contribution >= 4 is 5.91 Å². The van der Waals surface area contributed by atoms with E-state index in [0.29, 0.717) is 6.42 Å². The molecule has 2 N–H and O–H groups in total. The molecule has 1 aromatic rings. The van der Waals surface area contributed by atoms with E-state index in [0.717, 1.165) is 12.1 Å². The number of nitrogens with one attached hydrogen (secondary N) is 1. The first kappa shape index (κ1) is 12.6. The summed E-state index contributed by atoms with van der Waals surface area (Å²) in [7, 11) is 0. The van der Waals surface area contributed by atoms with Crippen LogP contribution in [0.2, 0.25) is 0 Å². The molecule has 88 valence electrons. The molecule has 1 atom stereocenters. The van der Waals surface area contributed by atoms with Crippen molar-refractivity contribution in [3.05, 3.63) is 35.4 Å². The van der Waals surface area contributed by atoms with E-state index in [9.17, 15) is 18.7 Å². The van der Waals surface area contributed by atoms with Crippen LogP contribution in [0, 0.1) is 11.6 Å². The largest absolute Gasteiger partial charge is 0.391 e. The van der Waals surface area contributed by atoms with Gasteiger partial charge in [-0.1, -0.05) is 6.92 Å². The minimum Gasteiger partial charge on any atom is -0.391 e. The molecule has 0 aliphatic carbocycles. The van der Waals surface area contributed by atoms with E-state index in [1.165, 1.54) is 6.07 Å². The van der Waals surface area contributed by atoms with Gasteiger partial charge in [0.05, 0.1) is 6.10 Å². The van der Waals surface area contributed by atoms with Gasteiger partial charge in [-0.3, -0.25) is 4.79 Å². The van der Waals surface area contributed by atoms with E-state index in [2.05, 4.69) is 5.32 Å². The number of benzene rings is 1. The summed E-state index contributed by atoms with van der Waals surface area (Å²) < 4.78 is 25.4. The Morgan fingerprint density at radius 1 is 1.44 bits per heavy atom. The van der Waals surface area contributed by atoms with Gasteiger partial charge in [0.25, 0.3) is 5.91 Å². The van der Waals surface area contributed by atoms with Crippen molar-refractivity contribution in [1.82, 2.24) is 5.32 Å². The maximum absolute atomic E-state index is 12.8. The number of rotatable bonds is 4. The number of amides is 1. The molecule has 16 heavy (non-hydrogen) atoms. The van der Waals surface area contributed by atoms with Crippen LogP contribution in [0.25, 0.3) is 0 Å². The molecule has 0 aromatic heterocycles. The van der Waals surface area contributed by atoms with Crippen molar-refractivity contribution in [3.8, 4) is 0 Å². The van der Waals surface area contributed by atoms with Crippen LogP contribution >= 0.6 is 0 Å². The summed E-state index contributed by atoms with van der Waals surface area (Å²) in [5, 5.41) is 11.6. The Morgan fingerprint density at radius 2 is 2.12 bits per heavy atom. The van der Waals surface area contributed by atoms with E-state index < -0.39 is 23.6 Å². The van der Waals surface area contributed by atoms with E-state index in [4.69, 9.17) is 0 Å². The predicted octanol–water partition coefficient (Wildman–Crippen LogP) is 1.47. The zero-order valence-corrected chi connectivity index (χ0v) is 8.84. The average molecular weight is 229 g/mol. The molecule has 0 bridgehead atoms. The van der Waals surface area contributed by atoms with E-state index in [-0.39, 0.29) is 12.1 Å². The minimum absolute atomic E-state index is 0.0298. The lowest BCUT2D eigenvalue weighted by Gasteiger charge is -2.09. The Labute approximate surface area is 92.1 Å². The summed E-state index contributed by atoms with van der Waals surface area (Å²) in [6.07, 6.45) is -0.118. The van der Waals surface area contributed by atoms with Crippen LogP contribution in [-0.2, 0) is 0 Å². The molecule has 5 heteroatoms. The van der Waals surface area contributed by atoms with Crippen LogP contribution in [0.3, 0.4) is 0 Å². The summed E-state index contributed by atoms with van der Waals surface area (Å²) in [5.41, 5.74) is 0.0298. The smallest absolute Gasteiger partial charge is 0.251 e. The molecular weight excluding hydrogens is 216 g/mol. The fourth-order valence-electron chi connectivity index (χ4n) is 1.09. The zero-order valence-electron chi connectivity index (χ0n) is 8.84. The van der Waals surface area contributed by atoms with Gasteiger partial charge in [-0.2, -0.15) is 0 Å². The first-order chi connectivity index (χ1) is 7.54. The van der Waals surface area contributed by atoms with Gasteiger partial charge in [0.1, 0.15) is 0 Å². The average Bonchev–Trinajstić information content (AvgIpc) is 2.29. The first-order valence-electron chi connectivity index (χ1n) is 4.96. The SMILES string of the molecule is CCC(O)CNC(=O)c1ccc(F)c(F)c1. The second-order valence-electron chi connectivity index (χ2n) is 3.40. The van der Waals surface area contributed by atoms with Crippen LogP contribution in [0.4, 0.5) is 8.78 Å². The van der Waals surface area contributed by atoms with Gasteiger partial charge in [0, 0.05) is 12.1 Å². The van der Waals surface area contributed by atoms with E-state index in [1.54, 1.807) is 6.92 Å². The fourth-order valence-corrected chi connectivity index (χ4v) is 1.09. The molecule has 1 amide bonds. The number of aliphatic hydroxyl groups is 1. The van der Waals surface area contributed by atoms with Crippen molar-refractivity contribution < 1.29 is 18.7 Å². The number of aliphatic hydroxyl groups excluding tert-OH is 1. The van der Waals surface area contributed by atoms with Gasteiger partial charge in [0.15, 0.2) is 11.6 Å². The van der Waals surface area contributed by atoms with Gasteiger partial charge in [-0.15, -0.1) is 0 Å². The molecule has 3 nitrogen and oxygen atoms in total. The molecule has 0 aliphatic heterocycles. The van der Waals surface area contributed by atoms with Crippen LogP contribution in [0.1, 0.15) is 23.7 Å². The molecule has 1 aromatic carbocycles. The molecule has 1 rings (SSSR count). The monoisotopic (exact) mass is 229 g/mol. The van der Waals surface area contributed by atoms with Crippen molar-refractivity contribution in [2.75, 3.05) is 6.54 Å². The second-order valence-corrected chi connectivity index (χ2v) is 3.40. The number of carbonyl (C=O) groups excluding carboxylic acids is 1. The number of hydrogen-bond acceptors (Lipinski definition) is 2. The topological polar surface area (TPSA) is 49.3 Å². The predicted molar refractivity (Wildman–Crippen MR) is 55.0 cm³/mol. The Morgan fingerprint density at radius 3 is 2.69 bits per heavy atom. The lowest BCUT2D eigenvalue weighted by molar-refractivity contribution is 0.0913. The Bertz CT molecular complexity index is 382. The fraction of sp³-hybridized carbons (Fsp3) is 0.364. The van der Waals surface area contributed by atoms with Gasteiger partial charge < -0.3 is 10.4 Å². The Hall–Kier alpha value is -1.49. The maximum Gasteiger partial charge on any atom is 0.251 e.